The molecule has 0 radical (unpaired) electrons. The molecule has 0 N–H and O–H groups in total. The zero-order chi connectivity index (χ0) is 19.9. The van der Waals surface area contributed by atoms with E-state index in [-0.39, 0.29) is 24.9 Å². The normalized spacial score (nSPS) is 14.8. The Kier molecular flexibility index (Phi) is 8.79. The lowest BCUT2D eigenvalue weighted by Crippen LogP contribution is -2.38. The highest BCUT2D eigenvalue weighted by Crippen LogP contribution is 2.25. The number of halogens is 1. The fraction of sp³-hybridized carbons (Fsp3) is 0.524. The zero-order valence-electron chi connectivity index (χ0n) is 17.5. The number of para-hydroxylation sites is 2. The number of benzene rings is 1. The SMILES string of the molecule is COc1ccccc1OCC(=O)N1CCCN(CCn2nc(C)cc2C)CC1.Cl. The highest BCUT2D eigenvalue weighted by atomic mass is 35.5. The molecule has 7 nitrogen and oxygen atoms in total. The van der Waals surface area contributed by atoms with Crippen LogP contribution in [0.15, 0.2) is 30.3 Å². The Morgan fingerprint density at radius 1 is 1.07 bits per heavy atom. The van der Waals surface area contributed by atoms with Gasteiger partial charge in [0.15, 0.2) is 18.1 Å². The van der Waals surface area contributed by atoms with Gasteiger partial charge in [-0.25, -0.2) is 0 Å². The van der Waals surface area contributed by atoms with Crippen molar-refractivity contribution < 1.29 is 14.3 Å². The number of methoxy groups -OCH3 is 1. The summed E-state index contributed by atoms with van der Waals surface area (Å²) in [4.78, 5) is 16.9. The van der Waals surface area contributed by atoms with Gasteiger partial charge < -0.3 is 14.4 Å². The van der Waals surface area contributed by atoms with Gasteiger partial charge in [-0.2, -0.15) is 5.10 Å². The van der Waals surface area contributed by atoms with Crippen LogP contribution < -0.4 is 9.47 Å². The largest absolute Gasteiger partial charge is 0.493 e. The second kappa shape index (κ2) is 11.1. The number of nitrogens with zero attached hydrogens (tertiary/aromatic N) is 4. The minimum Gasteiger partial charge on any atom is -0.493 e. The number of ether oxygens (including phenoxy) is 2. The summed E-state index contributed by atoms with van der Waals surface area (Å²) in [6.45, 7) is 9.33. The fourth-order valence-electron chi connectivity index (χ4n) is 3.55. The van der Waals surface area contributed by atoms with Crippen molar-refractivity contribution >= 4 is 18.3 Å². The molecular weight excluding hydrogens is 392 g/mol. The maximum absolute atomic E-state index is 12.6. The van der Waals surface area contributed by atoms with E-state index in [2.05, 4.69) is 27.7 Å². The molecule has 29 heavy (non-hydrogen) atoms. The second-order valence-corrected chi connectivity index (χ2v) is 7.17. The number of amides is 1. The van der Waals surface area contributed by atoms with Crippen molar-refractivity contribution in [2.75, 3.05) is 46.4 Å². The average Bonchev–Trinajstić information content (AvgIpc) is 2.88. The van der Waals surface area contributed by atoms with Crippen LogP contribution >= 0.6 is 12.4 Å². The van der Waals surface area contributed by atoms with Crippen LogP contribution in [0, 0.1) is 13.8 Å². The van der Waals surface area contributed by atoms with Crippen molar-refractivity contribution in [3.8, 4) is 11.5 Å². The molecule has 2 heterocycles. The number of hydrogen-bond acceptors (Lipinski definition) is 5. The van der Waals surface area contributed by atoms with E-state index < -0.39 is 0 Å². The van der Waals surface area contributed by atoms with E-state index in [1.807, 2.05) is 36.1 Å². The molecule has 0 spiro atoms. The molecule has 1 saturated heterocycles. The predicted octanol–water partition coefficient (Wildman–Crippen LogP) is 2.54. The number of rotatable bonds is 7. The average molecular weight is 423 g/mol. The lowest BCUT2D eigenvalue weighted by Gasteiger charge is -2.22. The van der Waals surface area contributed by atoms with Gasteiger partial charge in [0.2, 0.25) is 0 Å². The summed E-state index contributed by atoms with van der Waals surface area (Å²) in [7, 11) is 1.60. The molecule has 0 unspecified atom stereocenters. The van der Waals surface area contributed by atoms with Gasteiger partial charge in [0.1, 0.15) is 0 Å². The van der Waals surface area contributed by atoms with E-state index in [1.165, 1.54) is 5.69 Å². The third-order valence-corrected chi connectivity index (χ3v) is 5.09. The summed E-state index contributed by atoms with van der Waals surface area (Å²) in [6, 6.07) is 9.49. The highest BCUT2D eigenvalue weighted by molar-refractivity contribution is 5.85. The van der Waals surface area contributed by atoms with Crippen LogP contribution in [-0.2, 0) is 11.3 Å². The molecule has 1 fully saturated rings. The third-order valence-electron chi connectivity index (χ3n) is 5.09. The van der Waals surface area contributed by atoms with E-state index in [1.54, 1.807) is 7.11 Å². The lowest BCUT2D eigenvalue weighted by molar-refractivity contribution is -0.133. The number of carbonyl (C=O) groups is 1. The maximum atomic E-state index is 12.6. The van der Waals surface area contributed by atoms with Crippen LogP contribution in [0.4, 0.5) is 0 Å². The van der Waals surface area contributed by atoms with Crippen molar-refractivity contribution in [2.45, 2.75) is 26.8 Å². The molecular formula is C21H31ClN4O3. The molecule has 8 heteroatoms. The molecule has 3 rings (SSSR count). The standard InChI is InChI=1S/C21H30N4O3.ClH/c1-17-15-18(2)25(22-17)14-12-23-9-6-10-24(13-11-23)21(26)16-28-20-8-5-4-7-19(20)27-3;/h4-5,7-8,15H,6,9-14,16H2,1-3H3;1H. The molecule has 1 aromatic carbocycles. The van der Waals surface area contributed by atoms with Crippen molar-refractivity contribution in [3.05, 3.63) is 41.7 Å². The van der Waals surface area contributed by atoms with Gasteiger partial charge in [-0.05, 0) is 45.0 Å². The van der Waals surface area contributed by atoms with E-state index in [0.717, 1.165) is 51.4 Å². The molecule has 2 aromatic rings. The van der Waals surface area contributed by atoms with Gasteiger partial charge >= 0.3 is 0 Å². The van der Waals surface area contributed by atoms with Gasteiger partial charge in [-0.3, -0.25) is 14.4 Å². The monoisotopic (exact) mass is 422 g/mol. The Morgan fingerprint density at radius 2 is 1.83 bits per heavy atom. The molecule has 0 aliphatic carbocycles. The van der Waals surface area contributed by atoms with Crippen molar-refractivity contribution in [3.63, 3.8) is 0 Å². The van der Waals surface area contributed by atoms with Crippen LogP contribution in [0.3, 0.4) is 0 Å². The summed E-state index contributed by atoms with van der Waals surface area (Å²) in [5.74, 6) is 1.26. The van der Waals surface area contributed by atoms with E-state index in [9.17, 15) is 4.79 Å². The van der Waals surface area contributed by atoms with Crippen molar-refractivity contribution in [2.24, 2.45) is 0 Å². The van der Waals surface area contributed by atoms with E-state index >= 15 is 0 Å². The Hall–Kier alpha value is -2.25. The molecule has 0 saturated carbocycles. The van der Waals surface area contributed by atoms with Gasteiger partial charge in [0.25, 0.3) is 5.91 Å². The number of aryl methyl sites for hydroxylation is 2. The Balaban J connectivity index is 0.00000300. The van der Waals surface area contributed by atoms with Crippen LogP contribution in [-0.4, -0.2) is 71.9 Å². The first kappa shape index (κ1) is 23.0. The van der Waals surface area contributed by atoms with Crippen molar-refractivity contribution in [1.29, 1.82) is 0 Å². The van der Waals surface area contributed by atoms with Gasteiger partial charge in [-0.15, -0.1) is 12.4 Å². The third kappa shape index (κ3) is 6.37. The molecule has 1 aliphatic rings. The first-order valence-electron chi connectivity index (χ1n) is 9.84. The Bertz CT molecular complexity index is 796. The van der Waals surface area contributed by atoms with Crippen molar-refractivity contribution in [1.82, 2.24) is 19.6 Å². The van der Waals surface area contributed by atoms with Gasteiger partial charge in [0, 0.05) is 31.9 Å². The summed E-state index contributed by atoms with van der Waals surface area (Å²) in [6.07, 6.45) is 0.970. The first-order chi connectivity index (χ1) is 13.6. The highest BCUT2D eigenvalue weighted by Gasteiger charge is 2.20. The second-order valence-electron chi connectivity index (χ2n) is 7.17. The smallest absolute Gasteiger partial charge is 0.260 e. The van der Waals surface area contributed by atoms with Crippen LogP contribution in [0.5, 0.6) is 11.5 Å². The number of hydrogen-bond donors (Lipinski definition) is 0. The quantitative estimate of drug-likeness (QED) is 0.686. The first-order valence-corrected chi connectivity index (χ1v) is 9.84. The van der Waals surface area contributed by atoms with E-state index in [4.69, 9.17) is 9.47 Å². The summed E-state index contributed by atoms with van der Waals surface area (Å²) in [5, 5.41) is 4.53. The molecule has 0 bridgehead atoms. The lowest BCUT2D eigenvalue weighted by atomic mass is 10.3. The van der Waals surface area contributed by atoms with Gasteiger partial charge in [-0.1, -0.05) is 12.1 Å². The predicted molar refractivity (Wildman–Crippen MR) is 115 cm³/mol. The summed E-state index contributed by atoms with van der Waals surface area (Å²) in [5.41, 5.74) is 2.25. The van der Waals surface area contributed by atoms with Crippen LogP contribution in [0.25, 0.3) is 0 Å². The Morgan fingerprint density at radius 3 is 2.52 bits per heavy atom. The molecule has 160 valence electrons. The molecule has 1 amide bonds. The Labute approximate surface area is 179 Å². The van der Waals surface area contributed by atoms with Crippen LogP contribution in [0.1, 0.15) is 17.8 Å². The minimum absolute atomic E-state index is 0. The topological polar surface area (TPSA) is 59.8 Å². The van der Waals surface area contributed by atoms with Crippen LogP contribution in [0.2, 0.25) is 0 Å². The summed E-state index contributed by atoms with van der Waals surface area (Å²) >= 11 is 0. The molecule has 0 atom stereocenters. The minimum atomic E-state index is 0. The maximum Gasteiger partial charge on any atom is 0.260 e. The zero-order valence-corrected chi connectivity index (χ0v) is 18.3. The molecule has 1 aromatic heterocycles. The van der Waals surface area contributed by atoms with E-state index in [0.29, 0.717) is 11.5 Å². The van der Waals surface area contributed by atoms with Gasteiger partial charge in [0.05, 0.1) is 19.3 Å². The summed E-state index contributed by atoms with van der Waals surface area (Å²) < 4.78 is 13.0. The fourth-order valence-corrected chi connectivity index (χ4v) is 3.55. The number of carbonyl (C=O) groups excluding carboxylic acids is 1. The number of aromatic nitrogens is 2. The molecule has 1 aliphatic heterocycles.